The molecule has 2 aromatic rings. The Morgan fingerprint density at radius 1 is 0.933 bits per heavy atom. The molecule has 4 heteroatoms. The number of nitrogens with one attached hydrogen (secondary N) is 2. The van der Waals surface area contributed by atoms with E-state index in [9.17, 15) is 0 Å². The number of aromatic nitrogens is 4. The van der Waals surface area contributed by atoms with Crippen LogP contribution in [0.4, 0.5) is 0 Å². The number of aromatic amines is 2. The lowest BCUT2D eigenvalue weighted by molar-refractivity contribution is 0.475. The average molecular weight is 200 g/mol. The van der Waals surface area contributed by atoms with E-state index in [0.717, 1.165) is 12.8 Å². The molecule has 15 heavy (non-hydrogen) atoms. The Labute approximate surface area is 87.1 Å². The summed E-state index contributed by atoms with van der Waals surface area (Å²) in [5.41, 5.74) is 5.60. The molecule has 0 unspecified atom stereocenters. The van der Waals surface area contributed by atoms with Gasteiger partial charge in [0, 0.05) is 0 Å². The summed E-state index contributed by atoms with van der Waals surface area (Å²) in [6.45, 7) is 0. The monoisotopic (exact) mass is 200 g/mol. The molecule has 0 fully saturated rings. The van der Waals surface area contributed by atoms with Gasteiger partial charge in [-0.25, -0.2) is 0 Å². The highest BCUT2D eigenvalue weighted by atomic mass is 15.1. The van der Waals surface area contributed by atoms with Gasteiger partial charge in [-0.3, -0.25) is 10.2 Å². The molecule has 4 rings (SSSR count). The molecule has 2 aliphatic carbocycles. The minimum absolute atomic E-state index is 0.178. The standard InChI is InChI=1S/C11H12N4/c1-3-11(9-7(1)5-12-14-9)4-2-8-6-13-15-10(8)11/h5-6H,1-4H2,(H,12,14)(H,13,15). The SMILES string of the molecule is c1n[nH]c2c1CCC21CCc2cn[nH]c21. The van der Waals surface area contributed by atoms with Gasteiger partial charge in [0.2, 0.25) is 0 Å². The van der Waals surface area contributed by atoms with Crippen molar-refractivity contribution < 1.29 is 0 Å². The van der Waals surface area contributed by atoms with Gasteiger partial charge in [-0.1, -0.05) is 0 Å². The average Bonchev–Trinajstić information content (AvgIpc) is 2.95. The summed E-state index contributed by atoms with van der Waals surface area (Å²) >= 11 is 0. The second-order valence-corrected chi connectivity index (χ2v) is 4.62. The van der Waals surface area contributed by atoms with Gasteiger partial charge < -0.3 is 0 Å². The van der Waals surface area contributed by atoms with Crippen LogP contribution < -0.4 is 0 Å². The quantitative estimate of drug-likeness (QED) is 0.673. The fourth-order valence-electron chi connectivity index (χ4n) is 3.28. The summed E-state index contributed by atoms with van der Waals surface area (Å²) in [5.74, 6) is 0. The molecule has 0 bridgehead atoms. The van der Waals surface area contributed by atoms with Gasteiger partial charge in [-0.15, -0.1) is 0 Å². The highest BCUT2D eigenvalue weighted by Crippen LogP contribution is 2.50. The van der Waals surface area contributed by atoms with Crippen molar-refractivity contribution >= 4 is 0 Å². The second-order valence-electron chi connectivity index (χ2n) is 4.62. The normalized spacial score (nSPS) is 20.8. The van der Waals surface area contributed by atoms with Crippen molar-refractivity contribution in [2.24, 2.45) is 0 Å². The van der Waals surface area contributed by atoms with Crippen molar-refractivity contribution in [1.82, 2.24) is 20.4 Å². The van der Waals surface area contributed by atoms with Crippen LogP contribution in [0.2, 0.25) is 0 Å². The maximum absolute atomic E-state index is 4.16. The van der Waals surface area contributed by atoms with E-state index in [1.54, 1.807) is 0 Å². The van der Waals surface area contributed by atoms with Gasteiger partial charge in [0.25, 0.3) is 0 Å². The van der Waals surface area contributed by atoms with E-state index in [4.69, 9.17) is 0 Å². The van der Waals surface area contributed by atoms with Crippen LogP contribution in [-0.4, -0.2) is 20.4 Å². The number of aryl methyl sites for hydroxylation is 2. The third kappa shape index (κ3) is 0.749. The summed E-state index contributed by atoms with van der Waals surface area (Å²) in [6, 6.07) is 0. The number of fused-ring (bicyclic) bond motifs is 4. The Balaban J connectivity index is 1.99. The molecule has 0 aromatic carbocycles. The third-order valence-corrected chi connectivity index (χ3v) is 4.04. The molecule has 4 nitrogen and oxygen atoms in total. The van der Waals surface area contributed by atoms with Crippen LogP contribution in [0, 0.1) is 0 Å². The predicted molar refractivity (Wildman–Crippen MR) is 54.6 cm³/mol. The lowest BCUT2D eigenvalue weighted by Crippen LogP contribution is -2.22. The van der Waals surface area contributed by atoms with E-state index in [0.29, 0.717) is 0 Å². The number of hydrogen-bond acceptors (Lipinski definition) is 2. The third-order valence-electron chi connectivity index (χ3n) is 4.04. The molecule has 2 aliphatic rings. The summed E-state index contributed by atoms with van der Waals surface area (Å²) in [6.07, 6.45) is 8.63. The number of nitrogens with zero attached hydrogens (tertiary/aromatic N) is 2. The van der Waals surface area contributed by atoms with Crippen LogP contribution >= 0.6 is 0 Å². The smallest absolute Gasteiger partial charge is 0.0548 e. The predicted octanol–water partition coefficient (Wildman–Crippen LogP) is 1.31. The Morgan fingerprint density at radius 3 is 2.00 bits per heavy atom. The van der Waals surface area contributed by atoms with Gasteiger partial charge in [-0.05, 0) is 36.8 Å². The molecule has 0 atom stereocenters. The molecule has 0 aliphatic heterocycles. The van der Waals surface area contributed by atoms with Gasteiger partial charge in [0.05, 0.1) is 29.2 Å². The molecular weight excluding hydrogens is 188 g/mol. The zero-order valence-electron chi connectivity index (χ0n) is 8.38. The molecule has 1 spiro atoms. The first-order valence-electron chi connectivity index (χ1n) is 5.46. The summed E-state index contributed by atoms with van der Waals surface area (Å²) in [4.78, 5) is 0. The fourth-order valence-corrected chi connectivity index (χ4v) is 3.28. The number of hydrogen-bond donors (Lipinski definition) is 2. The van der Waals surface area contributed by atoms with Crippen molar-refractivity contribution in [2.45, 2.75) is 31.1 Å². The lowest BCUT2D eigenvalue weighted by atomic mass is 9.83. The molecule has 0 saturated heterocycles. The molecule has 76 valence electrons. The van der Waals surface area contributed by atoms with Crippen molar-refractivity contribution in [3.05, 3.63) is 34.9 Å². The maximum atomic E-state index is 4.16. The van der Waals surface area contributed by atoms with Crippen molar-refractivity contribution in [3.63, 3.8) is 0 Å². The Kier molecular flexibility index (Phi) is 1.19. The van der Waals surface area contributed by atoms with Crippen molar-refractivity contribution in [1.29, 1.82) is 0 Å². The van der Waals surface area contributed by atoms with Gasteiger partial charge in [0.1, 0.15) is 0 Å². The minimum Gasteiger partial charge on any atom is -0.281 e. The zero-order valence-corrected chi connectivity index (χ0v) is 8.38. The Morgan fingerprint density at radius 2 is 1.47 bits per heavy atom. The van der Waals surface area contributed by atoms with E-state index in [2.05, 4.69) is 20.4 Å². The van der Waals surface area contributed by atoms with Crippen LogP contribution in [0.1, 0.15) is 35.4 Å². The molecular formula is C11H12N4. The molecule has 0 amide bonds. The Bertz CT molecular complexity index is 474. The van der Waals surface area contributed by atoms with E-state index < -0.39 is 0 Å². The molecule has 2 aromatic heterocycles. The van der Waals surface area contributed by atoms with Crippen molar-refractivity contribution in [2.75, 3.05) is 0 Å². The first kappa shape index (κ1) is 7.68. The van der Waals surface area contributed by atoms with E-state index in [1.165, 1.54) is 35.4 Å². The summed E-state index contributed by atoms with van der Waals surface area (Å²) in [5, 5.41) is 14.7. The molecule has 2 heterocycles. The number of H-pyrrole nitrogens is 2. The second kappa shape index (κ2) is 2.32. The van der Waals surface area contributed by atoms with Crippen LogP contribution in [0.15, 0.2) is 12.4 Å². The molecule has 2 N–H and O–H groups in total. The summed E-state index contributed by atoms with van der Waals surface area (Å²) < 4.78 is 0. The van der Waals surface area contributed by atoms with Gasteiger partial charge >= 0.3 is 0 Å². The minimum atomic E-state index is 0.178. The summed E-state index contributed by atoms with van der Waals surface area (Å²) in [7, 11) is 0. The fraction of sp³-hybridized carbons (Fsp3) is 0.455. The largest absolute Gasteiger partial charge is 0.281 e. The zero-order chi connectivity index (χ0) is 9.88. The van der Waals surface area contributed by atoms with Crippen LogP contribution in [0.25, 0.3) is 0 Å². The van der Waals surface area contributed by atoms with Gasteiger partial charge in [0.15, 0.2) is 0 Å². The first-order valence-corrected chi connectivity index (χ1v) is 5.46. The maximum Gasteiger partial charge on any atom is 0.0548 e. The first-order chi connectivity index (χ1) is 7.40. The van der Waals surface area contributed by atoms with E-state index in [-0.39, 0.29) is 5.41 Å². The van der Waals surface area contributed by atoms with Gasteiger partial charge in [-0.2, -0.15) is 10.2 Å². The lowest BCUT2D eigenvalue weighted by Gasteiger charge is -2.22. The highest BCUT2D eigenvalue weighted by molar-refractivity contribution is 5.46. The van der Waals surface area contributed by atoms with E-state index in [1.807, 2.05) is 12.4 Å². The van der Waals surface area contributed by atoms with Crippen LogP contribution in [-0.2, 0) is 18.3 Å². The van der Waals surface area contributed by atoms with E-state index >= 15 is 0 Å². The number of rotatable bonds is 0. The highest BCUT2D eigenvalue weighted by Gasteiger charge is 2.47. The Hall–Kier alpha value is -1.58. The van der Waals surface area contributed by atoms with Crippen LogP contribution in [0.3, 0.4) is 0 Å². The van der Waals surface area contributed by atoms with Crippen molar-refractivity contribution in [3.8, 4) is 0 Å². The molecule has 0 saturated carbocycles. The molecule has 0 radical (unpaired) electrons. The topological polar surface area (TPSA) is 57.4 Å². The van der Waals surface area contributed by atoms with Crippen LogP contribution in [0.5, 0.6) is 0 Å².